The standard InChI is InChI=1S/C16H18N2O4S/c1-9(2)22-15(20)13-10(3)17-16(23-13)18-14(19)11-6-5-7-12(8-11)21-4/h5-9H,1-4H3,(H,17,18,19). The van der Waals surface area contributed by atoms with Gasteiger partial charge >= 0.3 is 5.97 Å². The molecule has 0 aliphatic carbocycles. The van der Waals surface area contributed by atoms with E-state index in [2.05, 4.69) is 10.3 Å². The molecule has 7 heteroatoms. The highest BCUT2D eigenvalue weighted by atomic mass is 32.1. The highest BCUT2D eigenvalue weighted by Gasteiger charge is 2.19. The van der Waals surface area contributed by atoms with Gasteiger partial charge in [0, 0.05) is 5.56 Å². The molecule has 1 heterocycles. The van der Waals surface area contributed by atoms with Crippen LogP contribution in [0.1, 0.15) is 39.6 Å². The van der Waals surface area contributed by atoms with Crippen LogP contribution in [0.3, 0.4) is 0 Å². The number of aromatic nitrogens is 1. The van der Waals surface area contributed by atoms with Crippen LogP contribution in [0.2, 0.25) is 0 Å². The molecule has 6 nitrogen and oxygen atoms in total. The number of amides is 1. The van der Waals surface area contributed by atoms with Crippen molar-refractivity contribution in [2.45, 2.75) is 26.9 Å². The molecule has 0 radical (unpaired) electrons. The molecule has 0 atom stereocenters. The maximum absolute atomic E-state index is 12.2. The minimum Gasteiger partial charge on any atom is -0.497 e. The van der Waals surface area contributed by atoms with E-state index < -0.39 is 5.97 Å². The predicted molar refractivity (Wildman–Crippen MR) is 88.3 cm³/mol. The lowest BCUT2D eigenvalue weighted by atomic mass is 10.2. The van der Waals surface area contributed by atoms with Gasteiger partial charge in [-0.15, -0.1) is 0 Å². The highest BCUT2D eigenvalue weighted by Crippen LogP contribution is 2.24. The van der Waals surface area contributed by atoms with Crippen LogP contribution < -0.4 is 10.1 Å². The number of methoxy groups -OCH3 is 1. The number of ether oxygens (including phenoxy) is 2. The van der Waals surface area contributed by atoms with Crippen molar-refractivity contribution in [1.82, 2.24) is 4.98 Å². The molecule has 0 aliphatic heterocycles. The summed E-state index contributed by atoms with van der Waals surface area (Å²) in [5, 5.41) is 3.04. The van der Waals surface area contributed by atoms with Crippen molar-refractivity contribution < 1.29 is 19.1 Å². The summed E-state index contributed by atoms with van der Waals surface area (Å²) in [6, 6.07) is 6.78. The third-order valence-corrected chi connectivity index (χ3v) is 3.93. The van der Waals surface area contributed by atoms with Crippen LogP contribution in [0.25, 0.3) is 0 Å². The Morgan fingerprint density at radius 3 is 2.70 bits per heavy atom. The fourth-order valence-corrected chi connectivity index (χ4v) is 2.68. The normalized spacial score (nSPS) is 10.5. The van der Waals surface area contributed by atoms with Crippen LogP contribution in [-0.4, -0.2) is 30.1 Å². The van der Waals surface area contributed by atoms with Gasteiger partial charge in [-0.1, -0.05) is 17.4 Å². The number of anilines is 1. The van der Waals surface area contributed by atoms with E-state index >= 15 is 0 Å². The molecule has 0 bridgehead atoms. The molecule has 0 saturated heterocycles. The van der Waals surface area contributed by atoms with Crippen LogP contribution >= 0.6 is 11.3 Å². The maximum Gasteiger partial charge on any atom is 0.350 e. The van der Waals surface area contributed by atoms with E-state index in [0.29, 0.717) is 27.0 Å². The SMILES string of the molecule is COc1cccc(C(=O)Nc2nc(C)c(C(=O)OC(C)C)s2)c1. The molecule has 0 fully saturated rings. The Morgan fingerprint density at radius 2 is 2.04 bits per heavy atom. The lowest BCUT2D eigenvalue weighted by Gasteiger charge is -2.06. The average Bonchev–Trinajstić information content (AvgIpc) is 2.87. The summed E-state index contributed by atoms with van der Waals surface area (Å²) < 4.78 is 10.2. The molecular weight excluding hydrogens is 316 g/mol. The molecule has 0 spiro atoms. The molecule has 0 unspecified atom stereocenters. The van der Waals surface area contributed by atoms with Crippen LogP contribution in [0.4, 0.5) is 5.13 Å². The monoisotopic (exact) mass is 334 g/mol. The van der Waals surface area contributed by atoms with Crippen molar-refractivity contribution in [3.05, 3.63) is 40.4 Å². The van der Waals surface area contributed by atoms with Gasteiger partial charge in [-0.25, -0.2) is 9.78 Å². The number of esters is 1. The van der Waals surface area contributed by atoms with E-state index in [4.69, 9.17) is 9.47 Å². The average molecular weight is 334 g/mol. The van der Waals surface area contributed by atoms with Crippen LogP contribution in [0.5, 0.6) is 5.75 Å². The Balaban J connectivity index is 2.14. The van der Waals surface area contributed by atoms with E-state index in [-0.39, 0.29) is 12.0 Å². The fourth-order valence-electron chi connectivity index (χ4n) is 1.84. The summed E-state index contributed by atoms with van der Waals surface area (Å²) in [5.41, 5.74) is 0.977. The molecule has 1 aromatic heterocycles. The van der Waals surface area contributed by atoms with Crippen LogP contribution in [0.15, 0.2) is 24.3 Å². The second kappa shape index (κ2) is 7.23. The number of thiazole rings is 1. The van der Waals surface area contributed by atoms with E-state index in [9.17, 15) is 9.59 Å². The van der Waals surface area contributed by atoms with Crippen molar-refractivity contribution in [2.24, 2.45) is 0 Å². The Labute approximate surface area is 138 Å². The van der Waals surface area contributed by atoms with Crippen molar-refractivity contribution in [3.63, 3.8) is 0 Å². The summed E-state index contributed by atoms with van der Waals surface area (Å²) in [6.07, 6.45) is -0.209. The van der Waals surface area contributed by atoms with E-state index in [1.54, 1.807) is 45.0 Å². The van der Waals surface area contributed by atoms with Gasteiger partial charge in [-0.2, -0.15) is 0 Å². The third-order valence-electron chi connectivity index (χ3n) is 2.88. The lowest BCUT2D eigenvalue weighted by molar-refractivity contribution is 0.0382. The number of nitrogens with one attached hydrogen (secondary N) is 1. The van der Waals surface area contributed by atoms with Gasteiger partial charge in [0.15, 0.2) is 5.13 Å². The van der Waals surface area contributed by atoms with Gasteiger partial charge in [0.25, 0.3) is 5.91 Å². The Bertz CT molecular complexity index is 725. The van der Waals surface area contributed by atoms with Gasteiger partial charge in [0.1, 0.15) is 10.6 Å². The molecule has 23 heavy (non-hydrogen) atoms. The molecule has 0 saturated carbocycles. The van der Waals surface area contributed by atoms with E-state index in [0.717, 1.165) is 11.3 Å². The molecule has 2 rings (SSSR count). The lowest BCUT2D eigenvalue weighted by Crippen LogP contribution is -2.11. The number of rotatable bonds is 5. The molecular formula is C16H18N2O4S. The first-order valence-corrected chi connectivity index (χ1v) is 7.86. The first-order valence-electron chi connectivity index (χ1n) is 7.04. The number of benzene rings is 1. The van der Waals surface area contributed by atoms with Crippen LogP contribution in [-0.2, 0) is 4.74 Å². The van der Waals surface area contributed by atoms with Crippen molar-refractivity contribution in [1.29, 1.82) is 0 Å². The van der Waals surface area contributed by atoms with Gasteiger partial charge in [0.2, 0.25) is 0 Å². The number of nitrogens with zero attached hydrogens (tertiary/aromatic N) is 1. The second-order valence-electron chi connectivity index (χ2n) is 5.07. The Hall–Kier alpha value is -2.41. The van der Waals surface area contributed by atoms with Crippen LogP contribution in [0, 0.1) is 6.92 Å². The smallest absolute Gasteiger partial charge is 0.350 e. The van der Waals surface area contributed by atoms with Crippen molar-refractivity contribution in [3.8, 4) is 5.75 Å². The molecule has 122 valence electrons. The highest BCUT2D eigenvalue weighted by molar-refractivity contribution is 7.17. The zero-order chi connectivity index (χ0) is 17.0. The van der Waals surface area contributed by atoms with E-state index in [1.165, 1.54) is 7.11 Å². The second-order valence-corrected chi connectivity index (χ2v) is 6.07. The minimum atomic E-state index is -0.433. The zero-order valence-electron chi connectivity index (χ0n) is 13.4. The van der Waals surface area contributed by atoms with Crippen molar-refractivity contribution >= 4 is 28.3 Å². The Kier molecular flexibility index (Phi) is 5.33. The van der Waals surface area contributed by atoms with Gasteiger partial charge < -0.3 is 9.47 Å². The first-order chi connectivity index (χ1) is 10.9. The number of carbonyl (C=O) groups is 2. The molecule has 1 N–H and O–H groups in total. The summed E-state index contributed by atoms with van der Waals surface area (Å²) in [7, 11) is 1.54. The molecule has 2 aromatic rings. The summed E-state index contributed by atoms with van der Waals surface area (Å²) >= 11 is 1.09. The minimum absolute atomic E-state index is 0.209. The molecule has 1 amide bonds. The number of carbonyl (C=O) groups excluding carboxylic acids is 2. The van der Waals surface area contributed by atoms with E-state index in [1.807, 2.05) is 0 Å². The summed E-state index contributed by atoms with van der Waals surface area (Å²) in [5.74, 6) is -0.160. The third kappa shape index (κ3) is 4.29. The quantitative estimate of drug-likeness (QED) is 0.849. The number of aryl methyl sites for hydroxylation is 1. The van der Waals surface area contributed by atoms with Gasteiger partial charge in [-0.05, 0) is 39.0 Å². The maximum atomic E-state index is 12.2. The van der Waals surface area contributed by atoms with Gasteiger partial charge in [-0.3, -0.25) is 10.1 Å². The predicted octanol–water partition coefficient (Wildman–Crippen LogP) is 3.28. The largest absolute Gasteiger partial charge is 0.497 e. The summed E-state index contributed by atoms with van der Waals surface area (Å²) in [6.45, 7) is 5.26. The fraction of sp³-hybridized carbons (Fsp3) is 0.312. The number of hydrogen-bond donors (Lipinski definition) is 1. The Morgan fingerprint density at radius 1 is 1.30 bits per heavy atom. The van der Waals surface area contributed by atoms with Gasteiger partial charge in [0.05, 0.1) is 18.9 Å². The summed E-state index contributed by atoms with van der Waals surface area (Å²) in [4.78, 5) is 28.8. The van der Waals surface area contributed by atoms with Crippen molar-refractivity contribution in [2.75, 3.05) is 12.4 Å². The molecule has 1 aromatic carbocycles. The topological polar surface area (TPSA) is 77.5 Å². The molecule has 0 aliphatic rings. The zero-order valence-corrected chi connectivity index (χ0v) is 14.2. The number of hydrogen-bond acceptors (Lipinski definition) is 6. The first kappa shape index (κ1) is 17.0.